The van der Waals surface area contributed by atoms with Crippen molar-refractivity contribution in [1.29, 1.82) is 0 Å². The van der Waals surface area contributed by atoms with Crippen LogP contribution in [0.3, 0.4) is 0 Å². The largest absolute Gasteiger partial charge is 0.351 e. The van der Waals surface area contributed by atoms with Crippen LogP contribution in [0.5, 0.6) is 0 Å². The number of nitrogens with one attached hydrogen (secondary N) is 2. The lowest BCUT2D eigenvalue weighted by Gasteiger charge is -2.44. The van der Waals surface area contributed by atoms with Crippen molar-refractivity contribution in [2.24, 2.45) is 0 Å². The third-order valence-electron chi connectivity index (χ3n) is 6.70. The van der Waals surface area contributed by atoms with Crippen LogP contribution in [0.2, 0.25) is 0 Å². The molecule has 7 nitrogen and oxygen atoms in total. The Morgan fingerprint density at radius 1 is 1.19 bits per heavy atom. The van der Waals surface area contributed by atoms with E-state index in [1.807, 2.05) is 35.8 Å². The van der Waals surface area contributed by atoms with Crippen LogP contribution in [-0.4, -0.2) is 45.3 Å². The first-order valence-electron chi connectivity index (χ1n) is 11.4. The van der Waals surface area contributed by atoms with Gasteiger partial charge in [0.15, 0.2) is 0 Å². The predicted octanol–water partition coefficient (Wildman–Crippen LogP) is 3.67. The average Bonchev–Trinajstić information content (AvgIpc) is 3.34. The van der Waals surface area contributed by atoms with E-state index in [-0.39, 0.29) is 23.8 Å². The molecule has 1 aliphatic heterocycles. The van der Waals surface area contributed by atoms with Crippen LogP contribution in [-0.2, 0) is 16.1 Å². The number of hydrogen-bond acceptors (Lipinski definition) is 3. The van der Waals surface area contributed by atoms with Gasteiger partial charge in [0.05, 0.1) is 17.7 Å². The first-order chi connectivity index (χ1) is 14.9. The summed E-state index contributed by atoms with van der Waals surface area (Å²) in [5, 5.41) is 6.91. The second-order valence-electron chi connectivity index (χ2n) is 9.05. The Morgan fingerprint density at radius 3 is 2.58 bits per heavy atom. The predicted molar refractivity (Wildman–Crippen MR) is 121 cm³/mol. The van der Waals surface area contributed by atoms with Crippen molar-refractivity contribution in [3.8, 4) is 0 Å². The van der Waals surface area contributed by atoms with Crippen LogP contribution in [0.4, 0.5) is 5.69 Å². The minimum atomic E-state index is -0.989. The molecule has 1 aliphatic carbocycles. The van der Waals surface area contributed by atoms with Crippen molar-refractivity contribution >= 4 is 34.3 Å². The molecule has 1 aromatic heterocycles. The zero-order chi connectivity index (χ0) is 22.2. The third kappa shape index (κ3) is 3.70. The van der Waals surface area contributed by atoms with Gasteiger partial charge in [0.25, 0.3) is 5.91 Å². The average molecular weight is 425 g/mol. The molecule has 1 atom stereocenters. The summed E-state index contributed by atoms with van der Waals surface area (Å²) in [6.07, 6.45) is 5.99. The molecular weight excluding hydrogens is 392 g/mol. The summed E-state index contributed by atoms with van der Waals surface area (Å²) in [5.41, 5.74) is 0.855. The van der Waals surface area contributed by atoms with E-state index in [0.29, 0.717) is 24.5 Å². The van der Waals surface area contributed by atoms with E-state index >= 15 is 0 Å². The van der Waals surface area contributed by atoms with E-state index in [2.05, 4.69) is 17.6 Å². The fraction of sp³-hybridized carbons (Fsp3) is 0.542. The van der Waals surface area contributed by atoms with Gasteiger partial charge in [-0.2, -0.15) is 0 Å². The number of carbonyl (C=O) groups excluding carboxylic acids is 3. The number of carbonyl (C=O) groups is 3. The number of para-hydroxylation sites is 1. The van der Waals surface area contributed by atoms with Gasteiger partial charge in [-0.1, -0.05) is 44.4 Å². The lowest BCUT2D eigenvalue weighted by atomic mass is 9.93. The highest BCUT2D eigenvalue weighted by atomic mass is 16.2. The highest BCUT2D eigenvalue weighted by Gasteiger charge is 2.49. The molecule has 4 rings (SSSR count). The standard InChI is InChI=1S/C24H32N4O3/c1-4-5-14-28-22(30)21-20(25-16(2)29)18-12-8-9-13-19(18)27(21)15-24(28,3)23(31)26-17-10-6-7-11-17/h8-9,12-13,17H,4-7,10-11,14-15H2,1-3H3,(H,25,29)(H,26,31). The number of rotatable bonds is 6. The molecule has 1 fully saturated rings. The monoisotopic (exact) mass is 424 g/mol. The molecule has 2 heterocycles. The van der Waals surface area contributed by atoms with Crippen molar-refractivity contribution in [3.63, 3.8) is 0 Å². The molecule has 1 unspecified atom stereocenters. The van der Waals surface area contributed by atoms with Gasteiger partial charge in [-0.05, 0) is 32.3 Å². The van der Waals surface area contributed by atoms with Gasteiger partial charge in [-0.3, -0.25) is 14.4 Å². The SMILES string of the molecule is CCCCN1C(=O)c2c(NC(C)=O)c3ccccc3n2CC1(C)C(=O)NC1CCCC1. The topological polar surface area (TPSA) is 83.4 Å². The molecular formula is C24H32N4O3. The number of benzene rings is 1. The van der Waals surface area contributed by atoms with Crippen LogP contribution >= 0.6 is 0 Å². The molecule has 31 heavy (non-hydrogen) atoms. The molecule has 1 saturated carbocycles. The summed E-state index contributed by atoms with van der Waals surface area (Å²) >= 11 is 0. The van der Waals surface area contributed by atoms with E-state index in [4.69, 9.17) is 0 Å². The summed E-state index contributed by atoms with van der Waals surface area (Å²) in [7, 11) is 0. The van der Waals surface area contributed by atoms with Gasteiger partial charge < -0.3 is 20.1 Å². The molecule has 0 radical (unpaired) electrons. The summed E-state index contributed by atoms with van der Waals surface area (Å²) in [5.74, 6) is -0.517. The summed E-state index contributed by atoms with van der Waals surface area (Å²) in [4.78, 5) is 41.0. The van der Waals surface area contributed by atoms with Gasteiger partial charge in [0.2, 0.25) is 11.8 Å². The van der Waals surface area contributed by atoms with Gasteiger partial charge in [0, 0.05) is 24.9 Å². The number of hydrogen-bond donors (Lipinski definition) is 2. The Hall–Kier alpha value is -2.83. The van der Waals surface area contributed by atoms with Crippen molar-refractivity contribution in [3.05, 3.63) is 30.0 Å². The lowest BCUT2D eigenvalue weighted by Crippen LogP contribution is -2.65. The van der Waals surface area contributed by atoms with Crippen LogP contribution in [0.1, 0.15) is 69.8 Å². The molecule has 0 spiro atoms. The Labute approximate surface area is 183 Å². The van der Waals surface area contributed by atoms with Gasteiger partial charge >= 0.3 is 0 Å². The molecule has 2 aliphatic rings. The fourth-order valence-electron chi connectivity index (χ4n) is 5.01. The zero-order valence-electron chi connectivity index (χ0n) is 18.7. The van der Waals surface area contributed by atoms with Crippen molar-refractivity contribution in [2.75, 3.05) is 11.9 Å². The summed E-state index contributed by atoms with van der Waals surface area (Å²) < 4.78 is 1.92. The fourth-order valence-corrected chi connectivity index (χ4v) is 5.01. The number of fused-ring (bicyclic) bond motifs is 3. The van der Waals surface area contributed by atoms with Crippen LogP contribution in [0.25, 0.3) is 10.9 Å². The van der Waals surface area contributed by atoms with E-state index in [1.54, 1.807) is 4.90 Å². The van der Waals surface area contributed by atoms with E-state index in [9.17, 15) is 14.4 Å². The molecule has 2 N–H and O–H groups in total. The maximum absolute atomic E-state index is 13.8. The highest BCUT2D eigenvalue weighted by Crippen LogP contribution is 2.39. The Kier molecular flexibility index (Phi) is 5.77. The maximum Gasteiger partial charge on any atom is 0.273 e. The second kappa shape index (κ2) is 8.36. The first kappa shape index (κ1) is 21.4. The maximum atomic E-state index is 13.8. The van der Waals surface area contributed by atoms with Crippen molar-refractivity contribution in [2.45, 2.75) is 77.4 Å². The molecule has 166 valence electrons. The number of nitrogens with zero attached hydrogens (tertiary/aromatic N) is 2. The summed E-state index contributed by atoms with van der Waals surface area (Å²) in [6, 6.07) is 7.84. The highest BCUT2D eigenvalue weighted by molar-refractivity contribution is 6.14. The van der Waals surface area contributed by atoms with E-state index in [0.717, 1.165) is 49.4 Å². The number of amides is 3. The van der Waals surface area contributed by atoms with Gasteiger partial charge in [0.1, 0.15) is 11.2 Å². The lowest BCUT2D eigenvalue weighted by molar-refractivity contribution is -0.133. The normalized spacial score (nSPS) is 21.4. The molecule has 0 saturated heterocycles. The molecule has 1 aromatic carbocycles. The smallest absolute Gasteiger partial charge is 0.273 e. The molecule has 7 heteroatoms. The molecule has 3 amide bonds. The van der Waals surface area contributed by atoms with Gasteiger partial charge in [-0.25, -0.2) is 0 Å². The van der Waals surface area contributed by atoms with Crippen molar-refractivity contribution < 1.29 is 14.4 Å². The number of aromatic nitrogens is 1. The zero-order valence-corrected chi connectivity index (χ0v) is 18.7. The van der Waals surface area contributed by atoms with Crippen LogP contribution in [0.15, 0.2) is 24.3 Å². The minimum absolute atomic E-state index is 0.0895. The summed E-state index contributed by atoms with van der Waals surface area (Å²) in [6.45, 7) is 6.26. The van der Waals surface area contributed by atoms with Gasteiger partial charge in [-0.15, -0.1) is 0 Å². The second-order valence-corrected chi connectivity index (χ2v) is 9.05. The Morgan fingerprint density at radius 2 is 1.90 bits per heavy atom. The Bertz CT molecular complexity index is 1020. The van der Waals surface area contributed by atoms with Crippen molar-refractivity contribution in [1.82, 2.24) is 14.8 Å². The Balaban J connectivity index is 1.82. The van der Waals surface area contributed by atoms with Crippen LogP contribution in [0, 0.1) is 0 Å². The minimum Gasteiger partial charge on any atom is -0.351 e. The molecule has 2 aromatic rings. The number of unbranched alkanes of at least 4 members (excludes halogenated alkanes) is 1. The van der Waals surface area contributed by atoms with E-state index in [1.165, 1.54) is 6.92 Å². The quantitative estimate of drug-likeness (QED) is 0.742. The molecule has 0 bridgehead atoms. The van der Waals surface area contributed by atoms with Crippen LogP contribution < -0.4 is 10.6 Å². The van der Waals surface area contributed by atoms with E-state index < -0.39 is 5.54 Å². The number of anilines is 1. The first-order valence-corrected chi connectivity index (χ1v) is 11.4. The third-order valence-corrected chi connectivity index (χ3v) is 6.70.